The molecule has 5 nitrogen and oxygen atoms in total. The van der Waals surface area contributed by atoms with E-state index >= 15 is 0 Å². The van der Waals surface area contributed by atoms with Crippen molar-refractivity contribution < 1.29 is 13.0 Å². The van der Waals surface area contributed by atoms with Crippen LogP contribution in [0.15, 0.2) is 12.4 Å². The van der Waals surface area contributed by atoms with Crippen molar-refractivity contribution >= 4 is 10.1 Å². The lowest BCUT2D eigenvalue weighted by atomic mass is 10.1. The summed E-state index contributed by atoms with van der Waals surface area (Å²) < 4.78 is 32.9. The van der Waals surface area contributed by atoms with Crippen molar-refractivity contribution in [2.24, 2.45) is 0 Å². The fourth-order valence-corrected chi connectivity index (χ4v) is 4.03. The van der Waals surface area contributed by atoms with Gasteiger partial charge < -0.3 is 9.80 Å². The van der Waals surface area contributed by atoms with Crippen LogP contribution in [-0.2, 0) is 10.1 Å². The van der Waals surface area contributed by atoms with Crippen LogP contribution in [0, 0.1) is 0 Å². The van der Waals surface area contributed by atoms with E-state index in [4.69, 9.17) is 0 Å². The highest BCUT2D eigenvalue weighted by atomic mass is 32.2. The van der Waals surface area contributed by atoms with Crippen LogP contribution in [0.4, 0.5) is 0 Å². The lowest BCUT2D eigenvalue weighted by Crippen LogP contribution is -2.45. The molecule has 1 unspecified atom stereocenters. The summed E-state index contributed by atoms with van der Waals surface area (Å²) in [7, 11) is -4.10. The zero-order valence-electron chi connectivity index (χ0n) is 14.8. The third-order valence-electron chi connectivity index (χ3n) is 4.32. The fourth-order valence-electron chi connectivity index (χ4n) is 2.99. The van der Waals surface area contributed by atoms with Gasteiger partial charge in [0.15, 0.2) is 0 Å². The number of rotatable bonds is 13. The van der Waals surface area contributed by atoms with Crippen LogP contribution in [0.2, 0.25) is 0 Å². The molecule has 1 aliphatic rings. The van der Waals surface area contributed by atoms with Gasteiger partial charge in [-0.05, 0) is 12.8 Å². The molecule has 0 aromatic carbocycles. The van der Waals surface area contributed by atoms with Gasteiger partial charge in [0.2, 0.25) is 5.50 Å². The van der Waals surface area contributed by atoms with E-state index in [1.54, 1.807) is 22.2 Å². The van der Waals surface area contributed by atoms with Crippen LogP contribution in [0.5, 0.6) is 0 Å². The summed E-state index contributed by atoms with van der Waals surface area (Å²) in [5, 5.41) is 0. The molecule has 0 saturated carbocycles. The van der Waals surface area contributed by atoms with Crippen LogP contribution in [-0.4, -0.2) is 41.4 Å². The summed E-state index contributed by atoms with van der Waals surface area (Å²) >= 11 is 0. The predicted octanol–water partition coefficient (Wildman–Crippen LogP) is 4.19. The maximum atomic E-state index is 11.7. The van der Waals surface area contributed by atoms with E-state index in [-0.39, 0.29) is 0 Å². The van der Waals surface area contributed by atoms with E-state index in [0.29, 0.717) is 13.1 Å². The average molecular weight is 347 g/mol. The van der Waals surface area contributed by atoms with Crippen LogP contribution < -0.4 is 0 Å². The molecule has 6 heteroatoms. The second-order valence-corrected chi connectivity index (χ2v) is 7.90. The largest absolute Gasteiger partial charge is 0.342 e. The summed E-state index contributed by atoms with van der Waals surface area (Å²) in [4.78, 5) is 3.48. The van der Waals surface area contributed by atoms with E-state index in [9.17, 15) is 13.0 Å². The van der Waals surface area contributed by atoms with Gasteiger partial charge in [0.25, 0.3) is 0 Å². The standard InChI is InChI=1S/C17H34N2O3S/c1-3-5-7-8-9-10-11-12-14-19-16-15-18(13-6-4-2)17(19)23(20,21)22/h15-17H,3-14H2,1-2H3,(H,20,21,22). The normalized spacial score (nSPS) is 18.1. The average Bonchev–Trinajstić information content (AvgIpc) is 2.91. The molecule has 0 aromatic rings. The molecule has 0 spiro atoms. The van der Waals surface area contributed by atoms with E-state index in [2.05, 4.69) is 13.8 Å². The summed E-state index contributed by atoms with van der Waals surface area (Å²) in [6.45, 7) is 5.63. The van der Waals surface area contributed by atoms with Gasteiger partial charge in [-0.3, -0.25) is 4.55 Å². The van der Waals surface area contributed by atoms with Crippen molar-refractivity contribution in [2.75, 3.05) is 13.1 Å². The van der Waals surface area contributed by atoms with Crippen LogP contribution in [0.3, 0.4) is 0 Å². The van der Waals surface area contributed by atoms with E-state index < -0.39 is 15.6 Å². The first kappa shape index (κ1) is 20.3. The van der Waals surface area contributed by atoms with Crippen molar-refractivity contribution in [3.63, 3.8) is 0 Å². The molecule has 0 aromatic heterocycles. The molecule has 136 valence electrons. The van der Waals surface area contributed by atoms with Gasteiger partial charge >= 0.3 is 10.1 Å². The second kappa shape index (κ2) is 10.9. The van der Waals surface area contributed by atoms with Gasteiger partial charge in [-0.25, -0.2) is 0 Å². The van der Waals surface area contributed by atoms with E-state index in [1.807, 2.05) is 0 Å². The topological polar surface area (TPSA) is 60.9 Å². The molecule has 0 saturated heterocycles. The van der Waals surface area contributed by atoms with E-state index in [1.165, 1.54) is 38.5 Å². The van der Waals surface area contributed by atoms with E-state index in [0.717, 1.165) is 25.7 Å². The van der Waals surface area contributed by atoms with Gasteiger partial charge in [-0.15, -0.1) is 0 Å². The lowest BCUT2D eigenvalue weighted by Gasteiger charge is -2.30. The molecule has 0 amide bonds. The Morgan fingerprint density at radius 1 is 0.783 bits per heavy atom. The zero-order valence-corrected chi connectivity index (χ0v) is 15.6. The molecule has 1 N–H and O–H groups in total. The van der Waals surface area contributed by atoms with Gasteiger partial charge in [0.05, 0.1) is 0 Å². The van der Waals surface area contributed by atoms with Crippen molar-refractivity contribution in [1.29, 1.82) is 0 Å². The summed E-state index contributed by atoms with van der Waals surface area (Å²) in [5.74, 6) is 0. The maximum Gasteiger partial charge on any atom is 0.306 e. The quantitative estimate of drug-likeness (QED) is 0.400. The van der Waals surface area contributed by atoms with Gasteiger partial charge in [-0.1, -0.05) is 65.2 Å². The Morgan fingerprint density at radius 2 is 1.22 bits per heavy atom. The first-order chi connectivity index (χ1) is 11.0. The molecule has 1 heterocycles. The smallest absolute Gasteiger partial charge is 0.306 e. The number of unbranched alkanes of at least 4 members (excludes halogenated alkanes) is 8. The molecule has 0 fully saturated rings. The van der Waals surface area contributed by atoms with Crippen molar-refractivity contribution in [3.05, 3.63) is 12.4 Å². The number of hydrogen-bond donors (Lipinski definition) is 1. The highest BCUT2D eigenvalue weighted by molar-refractivity contribution is 7.86. The first-order valence-corrected chi connectivity index (χ1v) is 10.7. The maximum absolute atomic E-state index is 11.7. The molecule has 1 aliphatic heterocycles. The highest BCUT2D eigenvalue weighted by Gasteiger charge is 2.35. The summed E-state index contributed by atoms with van der Waals surface area (Å²) in [5.41, 5.74) is -0.932. The highest BCUT2D eigenvalue weighted by Crippen LogP contribution is 2.22. The van der Waals surface area contributed by atoms with Crippen LogP contribution in [0.25, 0.3) is 0 Å². The second-order valence-electron chi connectivity index (χ2n) is 6.44. The Hall–Kier alpha value is -0.750. The predicted molar refractivity (Wildman–Crippen MR) is 95.4 cm³/mol. The Bertz CT molecular complexity index is 437. The number of hydrogen-bond acceptors (Lipinski definition) is 4. The van der Waals surface area contributed by atoms with Crippen molar-refractivity contribution in [3.8, 4) is 0 Å². The van der Waals surface area contributed by atoms with Gasteiger partial charge in [0.1, 0.15) is 0 Å². The molecule has 0 aliphatic carbocycles. The SMILES string of the molecule is CCCCCCCCCCN1C=CN(CCCC)C1S(=O)(=O)O. The molecule has 0 radical (unpaired) electrons. The minimum atomic E-state index is -4.10. The number of nitrogens with zero attached hydrogens (tertiary/aromatic N) is 2. The lowest BCUT2D eigenvalue weighted by molar-refractivity contribution is 0.203. The molecule has 23 heavy (non-hydrogen) atoms. The first-order valence-electron chi connectivity index (χ1n) is 9.16. The van der Waals surface area contributed by atoms with Gasteiger partial charge in [-0.2, -0.15) is 8.42 Å². The van der Waals surface area contributed by atoms with Gasteiger partial charge in [0, 0.05) is 25.5 Å². The zero-order chi connectivity index (χ0) is 17.1. The monoisotopic (exact) mass is 346 g/mol. The molecule has 1 rings (SSSR count). The minimum absolute atomic E-state index is 0.658. The Morgan fingerprint density at radius 3 is 1.70 bits per heavy atom. The molecular weight excluding hydrogens is 312 g/mol. The molecule has 1 atom stereocenters. The van der Waals surface area contributed by atoms with Crippen molar-refractivity contribution in [2.45, 2.75) is 83.6 Å². The Kier molecular flexibility index (Phi) is 9.63. The van der Waals surface area contributed by atoms with Crippen molar-refractivity contribution in [1.82, 2.24) is 9.80 Å². The minimum Gasteiger partial charge on any atom is -0.342 e. The Balaban J connectivity index is 2.30. The summed E-state index contributed by atoms with van der Waals surface area (Å²) in [6, 6.07) is 0. The third kappa shape index (κ3) is 7.57. The third-order valence-corrected chi connectivity index (χ3v) is 5.40. The van der Waals surface area contributed by atoms with Crippen LogP contribution >= 0.6 is 0 Å². The fraction of sp³-hybridized carbons (Fsp3) is 0.882. The van der Waals surface area contributed by atoms with Crippen LogP contribution in [0.1, 0.15) is 78.1 Å². The molecular formula is C17H34N2O3S. The summed E-state index contributed by atoms with van der Waals surface area (Å²) in [6.07, 6.45) is 15.3. The molecule has 0 bridgehead atoms. The Labute approximate surface area is 142 Å².